The maximum atomic E-state index is 6.22. The van der Waals surface area contributed by atoms with Crippen molar-refractivity contribution in [1.82, 2.24) is 5.32 Å². The van der Waals surface area contributed by atoms with E-state index in [9.17, 15) is 0 Å². The first-order valence-electron chi connectivity index (χ1n) is 5.83. The summed E-state index contributed by atoms with van der Waals surface area (Å²) in [5.41, 5.74) is 1.38. The lowest BCUT2D eigenvalue weighted by molar-refractivity contribution is 0.459. The van der Waals surface area contributed by atoms with E-state index in [2.05, 4.69) is 31.3 Å². The van der Waals surface area contributed by atoms with Crippen molar-refractivity contribution >= 4 is 23.4 Å². The number of fused-ring (bicyclic) bond motifs is 1. The average molecular weight is 256 g/mol. The predicted octanol–water partition coefficient (Wildman–Crippen LogP) is 4.12. The summed E-state index contributed by atoms with van der Waals surface area (Å²) in [5.74, 6) is 1.85. The number of halogens is 1. The van der Waals surface area contributed by atoms with Crippen molar-refractivity contribution in [2.45, 2.75) is 31.2 Å². The van der Waals surface area contributed by atoms with Crippen LogP contribution in [0, 0.1) is 5.92 Å². The Balaban J connectivity index is 2.16. The van der Waals surface area contributed by atoms with Gasteiger partial charge in [0.1, 0.15) is 0 Å². The molecule has 0 spiro atoms. The van der Waals surface area contributed by atoms with Gasteiger partial charge in [0.25, 0.3) is 0 Å². The van der Waals surface area contributed by atoms with Crippen LogP contribution < -0.4 is 5.32 Å². The van der Waals surface area contributed by atoms with Crippen molar-refractivity contribution in [3.63, 3.8) is 0 Å². The summed E-state index contributed by atoms with van der Waals surface area (Å²) in [6.45, 7) is 5.55. The maximum absolute atomic E-state index is 6.22. The second-order valence-electron chi connectivity index (χ2n) is 4.65. The van der Waals surface area contributed by atoms with Gasteiger partial charge < -0.3 is 5.32 Å². The van der Waals surface area contributed by atoms with Crippen molar-refractivity contribution in [3.05, 3.63) is 28.8 Å². The van der Waals surface area contributed by atoms with Crippen molar-refractivity contribution in [2.24, 2.45) is 5.92 Å². The van der Waals surface area contributed by atoms with E-state index < -0.39 is 0 Å². The van der Waals surface area contributed by atoms with Crippen LogP contribution in [0.15, 0.2) is 23.1 Å². The Morgan fingerprint density at radius 3 is 3.06 bits per heavy atom. The van der Waals surface area contributed by atoms with Gasteiger partial charge in [-0.2, -0.15) is 0 Å². The average Bonchev–Trinajstić information content (AvgIpc) is 2.27. The van der Waals surface area contributed by atoms with Gasteiger partial charge in [-0.15, -0.1) is 11.8 Å². The fourth-order valence-corrected chi connectivity index (χ4v) is 3.46. The van der Waals surface area contributed by atoms with E-state index in [0.717, 1.165) is 17.3 Å². The van der Waals surface area contributed by atoms with E-state index in [4.69, 9.17) is 11.6 Å². The number of thioether (sulfide) groups is 1. The molecule has 1 N–H and O–H groups in total. The topological polar surface area (TPSA) is 12.0 Å². The normalized spacial score (nSPS) is 19.9. The molecule has 1 aliphatic heterocycles. The molecule has 3 heteroatoms. The summed E-state index contributed by atoms with van der Waals surface area (Å²) in [6.07, 6.45) is 1.20. The number of rotatable bonds is 3. The second-order valence-corrected chi connectivity index (χ2v) is 6.16. The first-order valence-corrected chi connectivity index (χ1v) is 7.19. The Morgan fingerprint density at radius 1 is 1.50 bits per heavy atom. The Hall–Kier alpha value is -0.180. The standard InChI is InChI=1S/C13H18ClNS/c1-9(2)8-15-12-6-7-16-13-10(12)4-3-5-11(13)14/h3-5,9,12,15H,6-8H2,1-2H3. The Kier molecular flexibility index (Phi) is 4.17. The van der Waals surface area contributed by atoms with Gasteiger partial charge in [-0.1, -0.05) is 37.6 Å². The minimum absolute atomic E-state index is 0.484. The van der Waals surface area contributed by atoms with Gasteiger partial charge in [-0.25, -0.2) is 0 Å². The van der Waals surface area contributed by atoms with Gasteiger partial charge in [0.05, 0.1) is 5.02 Å². The number of hydrogen-bond donors (Lipinski definition) is 1. The Labute approximate surface area is 107 Å². The van der Waals surface area contributed by atoms with Crippen LogP contribution >= 0.6 is 23.4 Å². The predicted molar refractivity (Wildman–Crippen MR) is 72.4 cm³/mol. The quantitative estimate of drug-likeness (QED) is 0.872. The maximum Gasteiger partial charge on any atom is 0.0545 e. The van der Waals surface area contributed by atoms with E-state index in [1.807, 2.05) is 17.8 Å². The molecule has 0 amide bonds. The van der Waals surface area contributed by atoms with Crippen LogP contribution in [0.5, 0.6) is 0 Å². The van der Waals surface area contributed by atoms with Crippen LogP contribution in [0.25, 0.3) is 0 Å². The van der Waals surface area contributed by atoms with Crippen molar-refractivity contribution < 1.29 is 0 Å². The molecule has 1 aromatic carbocycles. The van der Waals surface area contributed by atoms with E-state index in [1.165, 1.54) is 16.9 Å². The van der Waals surface area contributed by atoms with Gasteiger partial charge in [0, 0.05) is 10.9 Å². The first kappa shape index (κ1) is 12.3. The van der Waals surface area contributed by atoms with Crippen LogP contribution in [0.2, 0.25) is 5.02 Å². The number of hydrogen-bond acceptors (Lipinski definition) is 2. The molecule has 0 aromatic heterocycles. The summed E-state index contributed by atoms with van der Waals surface area (Å²) >= 11 is 8.10. The first-order chi connectivity index (χ1) is 7.68. The highest BCUT2D eigenvalue weighted by Gasteiger charge is 2.21. The number of benzene rings is 1. The molecule has 88 valence electrons. The van der Waals surface area contributed by atoms with Crippen LogP contribution in [-0.4, -0.2) is 12.3 Å². The van der Waals surface area contributed by atoms with Crippen molar-refractivity contribution in [1.29, 1.82) is 0 Å². The molecular weight excluding hydrogens is 238 g/mol. The fraction of sp³-hybridized carbons (Fsp3) is 0.538. The van der Waals surface area contributed by atoms with E-state index in [0.29, 0.717) is 12.0 Å². The van der Waals surface area contributed by atoms with Crippen LogP contribution in [0.4, 0.5) is 0 Å². The Bertz CT molecular complexity index is 365. The van der Waals surface area contributed by atoms with E-state index in [1.54, 1.807) is 0 Å². The highest BCUT2D eigenvalue weighted by atomic mass is 35.5. The zero-order chi connectivity index (χ0) is 11.5. The molecule has 0 aliphatic carbocycles. The lowest BCUT2D eigenvalue weighted by Crippen LogP contribution is -2.27. The second kappa shape index (κ2) is 5.44. The van der Waals surface area contributed by atoms with Gasteiger partial charge in [0.2, 0.25) is 0 Å². The highest BCUT2D eigenvalue weighted by molar-refractivity contribution is 7.99. The third-order valence-corrected chi connectivity index (χ3v) is 4.41. The molecule has 0 bridgehead atoms. The summed E-state index contributed by atoms with van der Waals surface area (Å²) in [6, 6.07) is 6.72. The summed E-state index contributed by atoms with van der Waals surface area (Å²) in [7, 11) is 0. The van der Waals surface area contributed by atoms with Crippen LogP contribution in [-0.2, 0) is 0 Å². The molecular formula is C13H18ClNS. The van der Waals surface area contributed by atoms with Crippen molar-refractivity contribution in [3.8, 4) is 0 Å². The minimum atomic E-state index is 0.484. The Morgan fingerprint density at radius 2 is 2.31 bits per heavy atom. The molecule has 1 heterocycles. The zero-order valence-corrected chi connectivity index (χ0v) is 11.4. The molecule has 16 heavy (non-hydrogen) atoms. The lowest BCUT2D eigenvalue weighted by Gasteiger charge is -2.27. The molecule has 0 saturated heterocycles. The molecule has 0 radical (unpaired) electrons. The molecule has 1 nitrogen and oxygen atoms in total. The monoisotopic (exact) mass is 255 g/mol. The largest absolute Gasteiger partial charge is 0.310 e. The van der Waals surface area contributed by atoms with E-state index >= 15 is 0 Å². The molecule has 1 atom stereocenters. The smallest absolute Gasteiger partial charge is 0.0545 e. The molecule has 1 aliphatic rings. The van der Waals surface area contributed by atoms with Gasteiger partial charge in [-0.3, -0.25) is 0 Å². The van der Waals surface area contributed by atoms with Crippen LogP contribution in [0.1, 0.15) is 31.9 Å². The van der Waals surface area contributed by atoms with Gasteiger partial charge in [-0.05, 0) is 36.3 Å². The van der Waals surface area contributed by atoms with Gasteiger partial charge in [0.15, 0.2) is 0 Å². The molecule has 0 fully saturated rings. The molecule has 1 unspecified atom stereocenters. The minimum Gasteiger partial charge on any atom is -0.310 e. The highest BCUT2D eigenvalue weighted by Crippen LogP contribution is 2.40. The summed E-state index contributed by atoms with van der Waals surface area (Å²) in [5, 5.41) is 4.53. The summed E-state index contributed by atoms with van der Waals surface area (Å²) < 4.78 is 0. The molecule has 2 rings (SSSR count). The zero-order valence-electron chi connectivity index (χ0n) is 9.79. The van der Waals surface area contributed by atoms with Crippen LogP contribution in [0.3, 0.4) is 0 Å². The lowest BCUT2D eigenvalue weighted by atomic mass is 10.0. The third kappa shape index (κ3) is 2.73. The third-order valence-electron chi connectivity index (χ3n) is 2.80. The summed E-state index contributed by atoms with van der Waals surface area (Å²) in [4.78, 5) is 1.27. The molecule has 1 aromatic rings. The van der Waals surface area contributed by atoms with E-state index in [-0.39, 0.29) is 0 Å². The fourth-order valence-electron chi connectivity index (χ4n) is 1.98. The molecule has 0 saturated carbocycles. The SMILES string of the molecule is CC(C)CNC1CCSc2c(Cl)cccc21. The van der Waals surface area contributed by atoms with Crippen molar-refractivity contribution in [2.75, 3.05) is 12.3 Å². The van der Waals surface area contributed by atoms with Gasteiger partial charge >= 0.3 is 0 Å². The number of nitrogens with one attached hydrogen (secondary N) is 1.